The van der Waals surface area contributed by atoms with Crippen molar-refractivity contribution >= 4 is 12.0 Å². The second-order valence-electron chi connectivity index (χ2n) is 7.57. The molecule has 6 heteroatoms. The Labute approximate surface area is 169 Å². The minimum atomic E-state index is -0.439. The molecule has 0 fully saturated rings. The number of benzene rings is 1. The number of hydrogen-bond acceptors (Lipinski definition) is 4. The van der Waals surface area contributed by atoms with E-state index in [2.05, 4.69) is 36.6 Å². The minimum Gasteiger partial charge on any atom is -0.493 e. The number of nitrogens with one attached hydrogen (secondary N) is 2. The summed E-state index contributed by atoms with van der Waals surface area (Å²) in [6.45, 7) is 11.3. The van der Waals surface area contributed by atoms with Gasteiger partial charge in [-0.3, -0.25) is 4.79 Å². The van der Waals surface area contributed by atoms with Crippen LogP contribution in [0.5, 0.6) is 5.75 Å². The molecule has 1 unspecified atom stereocenters. The molecule has 0 saturated carbocycles. The zero-order valence-corrected chi connectivity index (χ0v) is 18.0. The van der Waals surface area contributed by atoms with Crippen LogP contribution in [-0.2, 0) is 9.53 Å². The third-order valence-corrected chi connectivity index (χ3v) is 4.30. The van der Waals surface area contributed by atoms with E-state index in [0.717, 1.165) is 30.6 Å². The molecule has 2 N–H and O–H groups in total. The van der Waals surface area contributed by atoms with Crippen LogP contribution in [0.15, 0.2) is 18.2 Å². The van der Waals surface area contributed by atoms with Crippen molar-refractivity contribution in [3.8, 4) is 5.75 Å². The van der Waals surface area contributed by atoms with Gasteiger partial charge in [0.1, 0.15) is 5.75 Å². The van der Waals surface area contributed by atoms with Crippen molar-refractivity contribution in [3.63, 3.8) is 0 Å². The predicted octanol–water partition coefficient (Wildman–Crippen LogP) is 4.13. The van der Waals surface area contributed by atoms with E-state index < -0.39 is 6.09 Å². The van der Waals surface area contributed by atoms with Gasteiger partial charge < -0.3 is 20.1 Å². The molecule has 0 aliphatic heterocycles. The first-order valence-corrected chi connectivity index (χ1v) is 10.2. The predicted molar refractivity (Wildman–Crippen MR) is 112 cm³/mol. The van der Waals surface area contributed by atoms with Crippen molar-refractivity contribution in [2.75, 3.05) is 19.8 Å². The lowest BCUT2D eigenvalue weighted by Crippen LogP contribution is -2.44. The Bertz CT molecular complexity index is 617. The van der Waals surface area contributed by atoms with E-state index in [4.69, 9.17) is 9.47 Å². The fourth-order valence-electron chi connectivity index (χ4n) is 2.86. The van der Waals surface area contributed by atoms with E-state index in [1.165, 1.54) is 5.56 Å². The van der Waals surface area contributed by atoms with Crippen LogP contribution in [0, 0.1) is 19.8 Å². The van der Waals surface area contributed by atoms with Crippen LogP contribution < -0.4 is 15.4 Å². The average Bonchev–Trinajstić information content (AvgIpc) is 2.62. The standard InChI is InChI=1S/C22H36N2O4/c1-6-27-22(26)24-19(13-16(2)3)15-23-21(25)9-7-8-12-28-20-14-17(4)10-11-18(20)5/h10-11,14,16,19H,6-9,12-13,15H2,1-5H3,(H,23,25)(H,24,26). The normalized spacial score (nSPS) is 11.8. The number of ether oxygens (including phenoxy) is 2. The average molecular weight is 393 g/mol. The first-order valence-electron chi connectivity index (χ1n) is 10.2. The molecule has 0 bridgehead atoms. The van der Waals surface area contributed by atoms with Gasteiger partial charge in [-0.15, -0.1) is 0 Å². The zero-order valence-electron chi connectivity index (χ0n) is 18.0. The topological polar surface area (TPSA) is 76.7 Å². The van der Waals surface area contributed by atoms with Crippen LogP contribution in [0.3, 0.4) is 0 Å². The molecule has 28 heavy (non-hydrogen) atoms. The number of unbranched alkanes of at least 4 members (excludes halogenated alkanes) is 1. The Hall–Kier alpha value is -2.24. The SMILES string of the molecule is CCOC(=O)NC(CNC(=O)CCCCOc1cc(C)ccc1C)CC(C)C. The summed E-state index contributed by atoms with van der Waals surface area (Å²) < 4.78 is 10.7. The van der Waals surface area contributed by atoms with Crippen molar-refractivity contribution in [3.05, 3.63) is 29.3 Å². The van der Waals surface area contributed by atoms with Gasteiger partial charge in [0.05, 0.1) is 13.2 Å². The smallest absolute Gasteiger partial charge is 0.407 e. The Morgan fingerprint density at radius 2 is 1.89 bits per heavy atom. The lowest BCUT2D eigenvalue weighted by Gasteiger charge is -2.20. The highest BCUT2D eigenvalue weighted by Crippen LogP contribution is 2.19. The largest absolute Gasteiger partial charge is 0.493 e. The monoisotopic (exact) mass is 392 g/mol. The molecule has 0 spiro atoms. The van der Waals surface area contributed by atoms with Crippen molar-refractivity contribution in [1.82, 2.24) is 10.6 Å². The number of carbonyl (C=O) groups is 2. The van der Waals surface area contributed by atoms with E-state index in [0.29, 0.717) is 32.1 Å². The molecule has 1 aromatic carbocycles. The Kier molecular flexibility index (Phi) is 11.1. The Balaban J connectivity index is 2.26. The maximum Gasteiger partial charge on any atom is 0.407 e. The fraction of sp³-hybridized carbons (Fsp3) is 0.636. The Morgan fingerprint density at radius 1 is 1.14 bits per heavy atom. The van der Waals surface area contributed by atoms with E-state index >= 15 is 0 Å². The van der Waals surface area contributed by atoms with Crippen LogP contribution in [0.2, 0.25) is 0 Å². The molecule has 0 heterocycles. The first-order chi connectivity index (χ1) is 13.3. The number of amides is 2. The van der Waals surface area contributed by atoms with Crippen LogP contribution in [0.4, 0.5) is 4.79 Å². The highest BCUT2D eigenvalue weighted by molar-refractivity contribution is 5.76. The van der Waals surface area contributed by atoms with E-state index in [1.54, 1.807) is 6.92 Å². The molecular weight excluding hydrogens is 356 g/mol. The highest BCUT2D eigenvalue weighted by atomic mass is 16.5. The summed E-state index contributed by atoms with van der Waals surface area (Å²) in [5, 5.41) is 5.72. The second-order valence-corrected chi connectivity index (χ2v) is 7.57. The molecule has 0 aliphatic rings. The molecular formula is C22H36N2O4. The molecule has 1 rings (SSSR count). The number of aryl methyl sites for hydroxylation is 2. The van der Waals surface area contributed by atoms with Gasteiger partial charge >= 0.3 is 6.09 Å². The van der Waals surface area contributed by atoms with Crippen molar-refractivity contribution < 1.29 is 19.1 Å². The molecule has 2 amide bonds. The van der Waals surface area contributed by atoms with Gasteiger partial charge in [0.2, 0.25) is 5.91 Å². The molecule has 6 nitrogen and oxygen atoms in total. The van der Waals surface area contributed by atoms with Gasteiger partial charge in [0.25, 0.3) is 0 Å². The number of carbonyl (C=O) groups excluding carboxylic acids is 2. The van der Waals surface area contributed by atoms with Crippen molar-refractivity contribution in [2.45, 2.75) is 66.3 Å². The van der Waals surface area contributed by atoms with Gasteiger partial charge in [-0.1, -0.05) is 26.0 Å². The maximum absolute atomic E-state index is 12.1. The summed E-state index contributed by atoms with van der Waals surface area (Å²) in [6, 6.07) is 6.02. The third-order valence-electron chi connectivity index (χ3n) is 4.30. The third kappa shape index (κ3) is 10.2. The molecule has 158 valence electrons. The molecule has 0 radical (unpaired) electrons. The summed E-state index contributed by atoms with van der Waals surface area (Å²) in [7, 11) is 0. The van der Waals surface area contributed by atoms with Crippen LogP contribution >= 0.6 is 0 Å². The number of hydrogen-bond donors (Lipinski definition) is 2. The highest BCUT2D eigenvalue weighted by Gasteiger charge is 2.15. The van der Waals surface area contributed by atoms with Crippen LogP contribution in [0.1, 0.15) is 57.6 Å². The van der Waals surface area contributed by atoms with Gasteiger partial charge in [-0.05, 0) is 63.1 Å². The molecule has 0 aliphatic carbocycles. The summed E-state index contributed by atoms with van der Waals surface area (Å²) >= 11 is 0. The molecule has 1 aromatic rings. The fourth-order valence-corrected chi connectivity index (χ4v) is 2.86. The van der Waals surface area contributed by atoms with Crippen molar-refractivity contribution in [1.29, 1.82) is 0 Å². The van der Waals surface area contributed by atoms with E-state index in [9.17, 15) is 9.59 Å². The van der Waals surface area contributed by atoms with Crippen LogP contribution in [0.25, 0.3) is 0 Å². The minimum absolute atomic E-state index is 0.00819. The first kappa shape index (κ1) is 23.8. The number of rotatable bonds is 12. The van der Waals surface area contributed by atoms with E-state index in [1.807, 2.05) is 19.9 Å². The summed E-state index contributed by atoms with van der Waals surface area (Å²) in [5.74, 6) is 1.31. The van der Waals surface area contributed by atoms with Gasteiger partial charge in [0.15, 0.2) is 0 Å². The lowest BCUT2D eigenvalue weighted by molar-refractivity contribution is -0.121. The molecule has 1 atom stereocenters. The second kappa shape index (κ2) is 13.0. The van der Waals surface area contributed by atoms with Crippen molar-refractivity contribution in [2.24, 2.45) is 5.92 Å². The Morgan fingerprint density at radius 3 is 2.57 bits per heavy atom. The van der Waals surface area contributed by atoms with Crippen LogP contribution in [-0.4, -0.2) is 37.8 Å². The summed E-state index contributed by atoms with van der Waals surface area (Å²) in [5.41, 5.74) is 2.29. The number of alkyl carbamates (subject to hydrolysis) is 1. The summed E-state index contributed by atoms with van der Waals surface area (Å²) in [4.78, 5) is 23.7. The van der Waals surface area contributed by atoms with E-state index in [-0.39, 0.29) is 11.9 Å². The maximum atomic E-state index is 12.1. The quantitative estimate of drug-likeness (QED) is 0.524. The zero-order chi connectivity index (χ0) is 20.9. The van der Waals surface area contributed by atoms with Gasteiger partial charge in [-0.2, -0.15) is 0 Å². The molecule has 0 aromatic heterocycles. The van der Waals surface area contributed by atoms with Gasteiger partial charge in [-0.25, -0.2) is 4.79 Å². The lowest BCUT2D eigenvalue weighted by atomic mass is 10.0. The molecule has 0 saturated heterocycles. The summed E-state index contributed by atoms with van der Waals surface area (Å²) in [6.07, 6.45) is 2.37. The van der Waals surface area contributed by atoms with Gasteiger partial charge in [0, 0.05) is 19.0 Å².